The quantitative estimate of drug-likeness (QED) is 0.895. The summed E-state index contributed by atoms with van der Waals surface area (Å²) in [6, 6.07) is 10.2. The summed E-state index contributed by atoms with van der Waals surface area (Å²) in [5.74, 6) is -0.0137. The van der Waals surface area contributed by atoms with Gasteiger partial charge in [0.15, 0.2) is 0 Å². The molecule has 0 atom stereocenters. The van der Waals surface area contributed by atoms with Gasteiger partial charge < -0.3 is 5.73 Å². The summed E-state index contributed by atoms with van der Waals surface area (Å²) in [5, 5.41) is 0. The maximum absolute atomic E-state index is 12.1. The molecule has 0 radical (unpaired) electrons. The second kappa shape index (κ2) is 5.27. The van der Waals surface area contributed by atoms with Crippen molar-refractivity contribution in [1.29, 1.82) is 0 Å². The van der Waals surface area contributed by atoms with Crippen LogP contribution in [0.4, 0.5) is 11.5 Å². The first-order valence-corrected chi connectivity index (χ1v) is 7.33. The largest absolute Gasteiger partial charge is 0.383 e. The third-order valence-corrected chi connectivity index (χ3v) is 4.13. The first-order chi connectivity index (χ1) is 9.03. The van der Waals surface area contributed by atoms with Gasteiger partial charge in [-0.3, -0.25) is 4.72 Å². The molecule has 0 aliphatic heterocycles. The molecule has 1 aromatic heterocycles. The summed E-state index contributed by atoms with van der Waals surface area (Å²) in [4.78, 5) is 3.75. The van der Waals surface area contributed by atoms with Crippen LogP contribution in [0.1, 0.15) is 12.5 Å². The second-order valence-corrected chi connectivity index (χ2v) is 5.69. The molecule has 19 heavy (non-hydrogen) atoms. The van der Waals surface area contributed by atoms with Crippen LogP contribution in [0.15, 0.2) is 47.5 Å². The van der Waals surface area contributed by atoms with Crippen molar-refractivity contribution >= 4 is 21.5 Å². The van der Waals surface area contributed by atoms with Crippen molar-refractivity contribution in [2.24, 2.45) is 0 Å². The van der Waals surface area contributed by atoms with Crippen molar-refractivity contribution in [2.75, 3.05) is 10.5 Å². The molecule has 0 saturated heterocycles. The molecule has 0 aliphatic carbocycles. The Balaban J connectivity index is 2.28. The summed E-state index contributed by atoms with van der Waals surface area (Å²) in [5.41, 5.74) is 7.22. The van der Waals surface area contributed by atoms with E-state index in [9.17, 15) is 8.42 Å². The Morgan fingerprint density at radius 3 is 2.47 bits per heavy atom. The lowest BCUT2D eigenvalue weighted by Crippen LogP contribution is -2.15. The number of nitrogens with zero attached hydrogens (tertiary/aromatic N) is 1. The van der Waals surface area contributed by atoms with Crippen LogP contribution in [0.3, 0.4) is 0 Å². The Bertz CT molecular complexity index is 667. The van der Waals surface area contributed by atoms with Crippen LogP contribution in [0, 0.1) is 0 Å². The Kier molecular flexibility index (Phi) is 3.71. The van der Waals surface area contributed by atoms with Crippen LogP contribution in [-0.4, -0.2) is 13.4 Å². The average molecular weight is 277 g/mol. The van der Waals surface area contributed by atoms with Crippen molar-refractivity contribution in [2.45, 2.75) is 18.2 Å². The average Bonchev–Trinajstić information content (AvgIpc) is 2.39. The van der Waals surface area contributed by atoms with E-state index in [-0.39, 0.29) is 10.7 Å². The predicted octanol–water partition coefficient (Wildman–Crippen LogP) is 2.03. The van der Waals surface area contributed by atoms with E-state index in [1.54, 1.807) is 12.1 Å². The molecule has 0 unspecified atom stereocenters. The van der Waals surface area contributed by atoms with Gasteiger partial charge in [-0.15, -0.1) is 0 Å². The molecule has 0 bridgehead atoms. The second-order valence-electron chi connectivity index (χ2n) is 4.04. The van der Waals surface area contributed by atoms with Gasteiger partial charge in [-0.25, -0.2) is 13.4 Å². The molecule has 2 rings (SSSR count). The highest BCUT2D eigenvalue weighted by atomic mass is 32.2. The molecule has 0 fully saturated rings. The van der Waals surface area contributed by atoms with Crippen LogP contribution >= 0.6 is 0 Å². The molecule has 5 nitrogen and oxygen atoms in total. The smallest absolute Gasteiger partial charge is 0.265 e. The highest BCUT2D eigenvalue weighted by molar-refractivity contribution is 7.92. The van der Waals surface area contributed by atoms with Crippen LogP contribution in [0.25, 0.3) is 0 Å². The standard InChI is InChI=1S/C13H15N3O2S/c1-2-10-5-7-11(8-6-10)16-19(17,18)12-4-3-9-15-13(12)14/h3-9,16H,2H2,1H3,(H2,14,15). The molecule has 1 heterocycles. The fourth-order valence-corrected chi connectivity index (χ4v) is 2.79. The highest BCUT2D eigenvalue weighted by Gasteiger charge is 2.17. The number of hydrogen-bond donors (Lipinski definition) is 2. The van der Waals surface area contributed by atoms with Crippen LogP contribution in [0.2, 0.25) is 0 Å². The number of rotatable bonds is 4. The third-order valence-electron chi connectivity index (χ3n) is 2.70. The van der Waals surface area contributed by atoms with E-state index in [2.05, 4.69) is 9.71 Å². The van der Waals surface area contributed by atoms with Gasteiger partial charge in [-0.05, 0) is 36.2 Å². The monoisotopic (exact) mass is 277 g/mol. The van der Waals surface area contributed by atoms with Crippen LogP contribution < -0.4 is 10.5 Å². The molecular weight excluding hydrogens is 262 g/mol. The third kappa shape index (κ3) is 3.03. The van der Waals surface area contributed by atoms with Crippen molar-refractivity contribution in [3.05, 3.63) is 48.2 Å². The number of aryl methyl sites for hydroxylation is 1. The zero-order chi connectivity index (χ0) is 13.9. The first kappa shape index (κ1) is 13.4. The molecule has 1 aromatic carbocycles. The number of nitrogens with one attached hydrogen (secondary N) is 1. The van der Waals surface area contributed by atoms with E-state index in [0.717, 1.165) is 12.0 Å². The fourth-order valence-electron chi connectivity index (χ4n) is 1.65. The number of anilines is 2. The molecule has 0 saturated carbocycles. The summed E-state index contributed by atoms with van der Waals surface area (Å²) < 4.78 is 26.8. The zero-order valence-electron chi connectivity index (χ0n) is 10.5. The van der Waals surface area contributed by atoms with Gasteiger partial charge in [-0.1, -0.05) is 19.1 Å². The summed E-state index contributed by atoms with van der Waals surface area (Å²) >= 11 is 0. The van der Waals surface area contributed by atoms with Gasteiger partial charge in [0, 0.05) is 11.9 Å². The van der Waals surface area contributed by atoms with E-state index >= 15 is 0 Å². The highest BCUT2D eigenvalue weighted by Crippen LogP contribution is 2.19. The number of benzene rings is 1. The molecule has 2 aromatic rings. The minimum absolute atomic E-state index is 0.0137. The summed E-state index contributed by atoms with van der Waals surface area (Å²) in [7, 11) is -3.70. The van der Waals surface area contributed by atoms with E-state index in [4.69, 9.17) is 5.73 Å². The molecular formula is C13H15N3O2S. The lowest BCUT2D eigenvalue weighted by atomic mass is 10.2. The maximum atomic E-state index is 12.1. The van der Waals surface area contributed by atoms with Crippen LogP contribution in [-0.2, 0) is 16.4 Å². The minimum Gasteiger partial charge on any atom is -0.383 e. The zero-order valence-corrected chi connectivity index (χ0v) is 11.3. The first-order valence-electron chi connectivity index (χ1n) is 5.85. The van der Waals surface area contributed by atoms with E-state index in [0.29, 0.717) is 5.69 Å². The van der Waals surface area contributed by atoms with Crippen molar-refractivity contribution in [3.63, 3.8) is 0 Å². The van der Waals surface area contributed by atoms with Gasteiger partial charge in [0.05, 0.1) is 0 Å². The van der Waals surface area contributed by atoms with E-state index in [1.165, 1.54) is 18.3 Å². The molecule has 6 heteroatoms. The van der Waals surface area contributed by atoms with Crippen molar-refractivity contribution in [1.82, 2.24) is 4.98 Å². The predicted molar refractivity (Wildman–Crippen MR) is 75.3 cm³/mol. The molecule has 0 aliphatic rings. The van der Waals surface area contributed by atoms with Crippen LogP contribution in [0.5, 0.6) is 0 Å². The topological polar surface area (TPSA) is 85.1 Å². The van der Waals surface area contributed by atoms with Gasteiger partial charge in [0.1, 0.15) is 10.7 Å². The molecule has 3 N–H and O–H groups in total. The lowest BCUT2D eigenvalue weighted by molar-refractivity contribution is 0.601. The van der Waals surface area contributed by atoms with E-state index in [1.807, 2.05) is 19.1 Å². The molecule has 0 amide bonds. The number of aromatic nitrogens is 1. The van der Waals surface area contributed by atoms with Crippen molar-refractivity contribution in [3.8, 4) is 0 Å². The number of sulfonamides is 1. The van der Waals surface area contributed by atoms with Gasteiger partial charge >= 0.3 is 0 Å². The Labute approximate surface area is 112 Å². The Hall–Kier alpha value is -2.08. The molecule has 100 valence electrons. The number of nitrogens with two attached hydrogens (primary N) is 1. The fraction of sp³-hybridized carbons (Fsp3) is 0.154. The Morgan fingerprint density at radius 1 is 1.21 bits per heavy atom. The van der Waals surface area contributed by atoms with Gasteiger partial charge in [-0.2, -0.15) is 0 Å². The number of hydrogen-bond acceptors (Lipinski definition) is 4. The number of pyridine rings is 1. The summed E-state index contributed by atoms with van der Waals surface area (Å²) in [6.07, 6.45) is 2.35. The normalized spacial score (nSPS) is 11.2. The minimum atomic E-state index is -3.70. The van der Waals surface area contributed by atoms with Gasteiger partial charge in [0.2, 0.25) is 0 Å². The SMILES string of the molecule is CCc1ccc(NS(=O)(=O)c2cccnc2N)cc1. The molecule has 0 spiro atoms. The van der Waals surface area contributed by atoms with Gasteiger partial charge in [0.25, 0.3) is 10.0 Å². The van der Waals surface area contributed by atoms with Crippen molar-refractivity contribution < 1.29 is 8.42 Å². The number of nitrogen functional groups attached to an aromatic ring is 1. The maximum Gasteiger partial charge on any atom is 0.265 e. The lowest BCUT2D eigenvalue weighted by Gasteiger charge is -2.09. The van der Waals surface area contributed by atoms with E-state index < -0.39 is 10.0 Å². The Morgan fingerprint density at radius 2 is 1.89 bits per heavy atom. The summed E-state index contributed by atoms with van der Waals surface area (Å²) in [6.45, 7) is 2.04.